The van der Waals surface area contributed by atoms with Crippen LogP contribution in [0.15, 0.2) is 40.8 Å². The van der Waals surface area contributed by atoms with Crippen molar-refractivity contribution in [1.82, 2.24) is 0 Å². The average Bonchev–Trinajstić information content (AvgIpc) is 3.02. The van der Waals surface area contributed by atoms with Crippen LogP contribution in [0.4, 0.5) is 0 Å². The highest BCUT2D eigenvalue weighted by molar-refractivity contribution is 5.89. The number of benzene rings is 2. The summed E-state index contributed by atoms with van der Waals surface area (Å²) in [6.45, 7) is -0.115. The van der Waals surface area contributed by atoms with Crippen LogP contribution in [0.2, 0.25) is 0 Å². The Morgan fingerprint density at radius 2 is 1.37 bits per heavy atom. The quantitative estimate of drug-likeness (QED) is 0.0746. The molecule has 2 aliphatic heterocycles. The zero-order valence-electron chi connectivity index (χ0n) is 24.0. The third-order valence-electron chi connectivity index (χ3n) is 7.49. The number of hydrogen-bond donors (Lipinski definition) is 10. The van der Waals surface area contributed by atoms with Crippen LogP contribution in [0.1, 0.15) is 6.92 Å². The number of esters is 1. The van der Waals surface area contributed by atoms with Crippen molar-refractivity contribution >= 4 is 16.9 Å². The molecular weight excluding hydrogens is 620 g/mol. The summed E-state index contributed by atoms with van der Waals surface area (Å²) in [7, 11) is 0. The van der Waals surface area contributed by atoms with Gasteiger partial charge in [-0.15, -0.1) is 0 Å². The molecule has 2 fully saturated rings. The summed E-state index contributed by atoms with van der Waals surface area (Å²) in [6, 6.07) is 7.13. The molecule has 250 valence electrons. The molecule has 0 radical (unpaired) electrons. The van der Waals surface area contributed by atoms with Crippen LogP contribution in [-0.2, 0) is 19.0 Å². The molecule has 1 aromatic heterocycles. The molecule has 0 spiro atoms. The maximum absolute atomic E-state index is 11.3. The molecule has 46 heavy (non-hydrogen) atoms. The van der Waals surface area contributed by atoms with Gasteiger partial charge in [-0.1, -0.05) is 0 Å². The van der Waals surface area contributed by atoms with E-state index < -0.39 is 97.8 Å². The minimum absolute atomic E-state index is 0.0251. The van der Waals surface area contributed by atoms with E-state index in [4.69, 9.17) is 28.1 Å². The third-order valence-corrected chi connectivity index (χ3v) is 7.49. The molecule has 0 amide bonds. The van der Waals surface area contributed by atoms with Crippen LogP contribution < -0.4 is 9.47 Å². The van der Waals surface area contributed by atoms with E-state index in [2.05, 4.69) is 0 Å². The lowest BCUT2D eigenvalue weighted by Gasteiger charge is -2.40. The summed E-state index contributed by atoms with van der Waals surface area (Å²) in [5, 5.41) is 102. The highest BCUT2D eigenvalue weighted by Gasteiger charge is 2.47. The molecule has 17 nitrogen and oxygen atoms in total. The number of fused-ring (bicyclic) bond motifs is 1. The summed E-state index contributed by atoms with van der Waals surface area (Å²) in [5.41, 5.74) is 0.0279. The first kappa shape index (κ1) is 33.3. The summed E-state index contributed by atoms with van der Waals surface area (Å²) in [6.07, 6.45) is -16.6. The fourth-order valence-electron chi connectivity index (χ4n) is 4.99. The number of rotatable bonds is 8. The molecule has 0 bridgehead atoms. The van der Waals surface area contributed by atoms with Crippen LogP contribution >= 0.6 is 0 Å². The van der Waals surface area contributed by atoms with Crippen molar-refractivity contribution in [2.45, 2.75) is 68.3 Å². The minimum atomic E-state index is -1.84. The summed E-state index contributed by atoms with van der Waals surface area (Å²) in [5.74, 6) is -2.74. The Morgan fingerprint density at radius 1 is 0.761 bits per heavy atom. The van der Waals surface area contributed by atoms with Crippen molar-refractivity contribution in [3.63, 3.8) is 0 Å². The van der Waals surface area contributed by atoms with Gasteiger partial charge in [-0.25, -0.2) is 4.42 Å². The zero-order chi connectivity index (χ0) is 33.4. The van der Waals surface area contributed by atoms with E-state index in [0.29, 0.717) is 0 Å². The maximum atomic E-state index is 11.3. The monoisotopic (exact) mass is 653 g/mol. The van der Waals surface area contributed by atoms with Gasteiger partial charge in [0, 0.05) is 25.1 Å². The lowest BCUT2D eigenvalue weighted by atomic mass is 9.99. The van der Waals surface area contributed by atoms with Gasteiger partial charge in [0.05, 0.1) is 18.2 Å². The number of aliphatic hydroxyl groups excluding tert-OH is 7. The molecule has 0 unspecified atom stereocenters. The second-order valence-electron chi connectivity index (χ2n) is 10.7. The van der Waals surface area contributed by atoms with E-state index in [1.807, 2.05) is 0 Å². The first-order valence-electron chi connectivity index (χ1n) is 13.9. The molecule has 2 aromatic carbocycles. The molecule has 3 heterocycles. The molecule has 2 aliphatic rings. The first-order valence-corrected chi connectivity index (χ1v) is 13.9. The number of aliphatic hydroxyl groups is 7. The summed E-state index contributed by atoms with van der Waals surface area (Å²) >= 11 is 0. The number of hydrogen-bond acceptors (Lipinski definition) is 16. The van der Waals surface area contributed by atoms with Crippen molar-refractivity contribution in [3.05, 3.63) is 36.4 Å². The van der Waals surface area contributed by atoms with E-state index in [-0.39, 0.29) is 33.8 Å². The van der Waals surface area contributed by atoms with E-state index in [1.165, 1.54) is 18.2 Å². The summed E-state index contributed by atoms with van der Waals surface area (Å²) < 4.78 is 33.6. The van der Waals surface area contributed by atoms with Crippen molar-refractivity contribution in [1.29, 1.82) is 0 Å². The lowest BCUT2D eigenvalue weighted by molar-refractivity contribution is -0.278. The van der Waals surface area contributed by atoms with Gasteiger partial charge in [0.2, 0.25) is 18.3 Å². The lowest BCUT2D eigenvalue weighted by Crippen LogP contribution is -2.60. The van der Waals surface area contributed by atoms with E-state index in [1.54, 1.807) is 0 Å². The number of ether oxygens (including phenoxy) is 5. The maximum Gasteiger partial charge on any atom is 0.402 e. The predicted molar refractivity (Wildman–Crippen MR) is 149 cm³/mol. The SMILES string of the molecule is CC(=O)OC[C@H]1O[C@@H](Oc2cc(O)cc3[o+]c(-c4ccc(O)c(O)c4)c(O[C@@H]4O[C@@H](CO)[C@@H](O)[C@H](O)[C@H]4O)cc23)[C@H](O)[C@@H](O)[C@@H]1O. The van der Waals surface area contributed by atoms with Gasteiger partial charge in [-0.05, 0) is 12.1 Å². The first-order chi connectivity index (χ1) is 21.8. The van der Waals surface area contributed by atoms with Crippen LogP contribution in [0.3, 0.4) is 0 Å². The molecule has 2 saturated heterocycles. The Kier molecular flexibility index (Phi) is 9.68. The van der Waals surface area contributed by atoms with Gasteiger partial charge in [0.1, 0.15) is 72.3 Å². The number of carbonyl (C=O) groups excluding carboxylic acids is 1. The molecule has 10 N–H and O–H groups in total. The molecular formula is C29H33O17+. The van der Waals surface area contributed by atoms with Crippen LogP contribution in [0.5, 0.6) is 28.7 Å². The van der Waals surface area contributed by atoms with Crippen LogP contribution in [-0.4, -0.2) is 132 Å². The average molecular weight is 654 g/mol. The third kappa shape index (κ3) is 6.59. The highest BCUT2D eigenvalue weighted by atomic mass is 16.7. The molecule has 0 aliphatic carbocycles. The van der Waals surface area contributed by atoms with Gasteiger partial charge < -0.3 is 74.7 Å². The smallest absolute Gasteiger partial charge is 0.402 e. The predicted octanol–water partition coefficient (Wildman–Crippen LogP) is -1.57. The number of phenols is 3. The standard InChI is InChI=1S/C29H32O17/c1-10(31)41-9-20-22(36)24(38)26(40)28(46-20)43-17-6-12(32)5-16-13(17)7-18(27(42-16)11-2-3-14(33)15(34)4-11)44-29-25(39)23(37)21(35)19(8-30)45-29/h2-7,19-26,28-30,35-40H,8-9H2,1H3,(H2-,32,33,34)/p+1/t19-,20+,21+,22+,23-,24-,25+,26+,28+,29+/m0/s1. The normalized spacial score (nSPS) is 31.4. The Labute approximate surface area is 259 Å². The Balaban J connectivity index is 1.58. The van der Waals surface area contributed by atoms with Gasteiger partial charge in [0.25, 0.3) is 0 Å². The molecule has 5 rings (SSSR count). The van der Waals surface area contributed by atoms with Crippen LogP contribution in [0, 0.1) is 0 Å². The molecule has 3 aromatic rings. The molecule has 0 saturated carbocycles. The fourth-order valence-corrected chi connectivity index (χ4v) is 4.99. The van der Waals surface area contributed by atoms with Gasteiger partial charge >= 0.3 is 17.3 Å². The largest absolute Gasteiger partial charge is 0.507 e. The van der Waals surface area contributed by atoms with Crippen molar-refractivity contribution in [3.8, 4) is 40.1 Å². The minimum Gasteiger partial charge on any atom is -0.507 e. The zero-order valence-corrected chi connectivity index (χ0v) is 24.0. The fraction of sp³-hybridized carbons (Fsp3) is 0.448. The van der Waals surface area contributed by atoms with Crippen molar-refractivity contribution < 1.29 is 84.0 Å². The topological polar surface area (TPSA) is 277 Å². The van der Waals surface area contributed by atoms with Gasteiger partial charge in [-0.2, -0.15) is 0 Å². The number of aromatic hydroxyl groups is 3. The van der Waals surface area contributed by atoms with Crippen molar-refractivity contribution in [2.24, 2.45) is 0 Å². The molecule has 17 heteroatoms. The van der Waals surface area contributed by atoms with Crippen molar-refractivity contribution in [2.75, 3.05) is 13.2 Å². The second-order valence-corrected chi connectivity index (χ2v) is 10.7. The van der Waals surface area contributed by atoms with Crippen LogP contribution in [0.25, 0.3) is 22.3 Å². The Morgan fingerprint density at radius 3 is 1.98 bits per heavy atom. The Bertz CT molecular complexity index is 1560. The highest BCUT2D eigenvalue weighted by Crippen LogP contribution is 2.43. The Hall–Kier alpha value is -4.04. The van der Waals surface area contributed by atoms with E-state index >= 15 is 0 Å². The van der Waals surface area contributed by atoms with Gasteiger partial charge in [-0.3, -0.25) is 4.79 Å². The van der Waals surface area contributed by atoms with E-state index in [0.717, 1.165) is 25.1 Å². The second kappa shape index (κ2) is 13.4. The number of phenolic OH excluding ortho intramolecular Hbond substituents is 3. The number of carbonyl (C=O) groups is 1. The van der Waals surface area contributed by atoms with E-state index in [9.17, 15) is 55.9 Å². The summed E-state index contributed by atoms with van der Waals surface area (Å²) in [4.78, 5) is 11.3. The van der Waals surface area contributed by atoms with Gasteiger partial charge in [0.15, 0.2) is 11.5 Å². The molecule has 10 atom stereocenters.